The summed E-state index contributed by atoms with van der Waals surface area (Å²) >= 11 is 3.55. The maximum absolute atomic E-state index is 12.5. The molecule has 0 bridgehead atoms. The van der Waals surface area contributed by atoms with E-state index in [2.05, 4.69) is 21.0 Å². The molecule has 1 unspecified atom stereocenters. The van der Waals surface area contributed by atoms with Gasteiger partial charge in [0.25, 0.3) is 0 Å². The van der Waals surface area contributed by atoms with Crippen LogP contribution in [0.1, 0.15) is 24.3 Å². The lowest BCUT2D eigenvalue weighted by Crippen LogP contribution is -2.25. The van der Waals surface area contributed by atoms with Gasteiger partial charge in [-0.25, -0.2) is 4.98 Å². The molecule has 5 rings (SSSR count). The number of nitrogens with zero attached hydrogens (tertiary/aromatic N) is 3. The smallest absolute Gasteiger partial charge is 0.243 e. The quantitative estimate of drug-likeness (QED) is 0.373. The number of hydrogen-bond donors (Lipinski definition) is 0. The zero-order chi connectivity index (χ0) is 21.4. The standard InChI is InChI=1S/C25H18BrN3O2/c1-16(30)29-25(31-24(28-29)19-12-5-7-13-21(19)26)20-15-23(17-9-3-2-4-10-17)27-22-14-8-6-11-18(20)22/h2-15,25H,1H3. The van der Waals surface area contributed by atoms with E-state index in [-0.39, 0.29) is 5.91 Å². The van der Waals surface area contributed by atoms with E-state index in [0.29, 0.717) is 5.90 Å². The Morgan fingerprint density at radius 1 is 0.968 bits per heavy atom. The van der Waals surface area contributed by atoms with Crippen molar-refractivity contribution in [2.24, 2.45) is 5.10 Å². The van der Waals surface area contributed by atoms with Gasteiger partial charge < -0.3 is 4.74 Å². The minimum absolute atomic E-state index is 0.200. The highest BCUT2D eigenvalue weighted by Gasteiger charge is 2.35. The van der Waals surface area contributed by atoms with Gasteiger partial charge in [0.2, 0.25) is 18.0 Å². The first kappa shape index (κ1) is 19.5. The molecule has 31 heavy (non-hydrogen) atoms. The van der Waals surface area contributed by atoms with Crippen LogP contribution in [0, 0.1) is 0 Å². The lowest BCUT2D eigenvalue weighted by atomic mass is 10.0. The molecule has 3 aromatic carbocycles. The Bertz CT molecular complexity index is 1320. The number of pyridine rings is 1. The summed E-state index contributed by atoms with van der Waals surface area (Å²) in [5, 5.41) is 6.83. The Balaban J connectivity index is 1.66. The highest BCUT2D eigenvalue weighted by molar-refractivity contribution is 9.10. The zero-order valence-electron chi connectivity index (χ0n) is 16.7. The predicted octanol–water partition coefficient (Wildman–Crippen LogP) is 5.90. The van der Waals surface area contributed by atoms with Gasteiger partial charge in [0, 0.05) is 27.9 Å². The SMILES string of the molecule is CC(=O)N1N=C(c2ccccc2Br)OC1c1cc(-c2ccccc2)nc2ccccc12. The summed E-state index contributed by atoms with van der Waals surface area (Å²) in [6.45, 7) is 1.49. The molecule has 1 atom stereocenters. The van der Waals surface area contributed by atoms with Gasteiger partial charge in [-0.1, -0.05) is 60.7 Å². The lowest BCUT2D eigenvalue weighted by Gasteiger charge is -2.21. The van der Waals surface area contributed by atoms with Gasteiger partial charge in [-0.2, -0.15) is 5.01 Å². The molecule has 2 heterocycles. The van der Waals surface area contributed by atoms with Crippen molar-refractivity contribution in [3.8, 4) is 11.3 Å². The zero-order valence-corrected chi connectivity index (χ0v) is 18.3. The second-order valence-electron chi connectivity index (χ2n) is 7.20. The summed E-state index contributed by atoms with van der Waals surface area (Å²) in [7, 11) is 0. The van der Waals surface area contributed by atoms with E-state index in [1.165, 1.54) is 11.9 Å². The maximum Gasteiger partial charge on any atom is 0.243 e. The molecule has 0 aliphatic carbocycles. The third kappa shape index (κ3) is 3.59. The molecule has 1 aliphatic rings. The molecule has 5 nitrogen and oxygen atoms in total. The highest BCUT2D eigenvalue weighted by Crippen LogP contribution is 2.37. The number of hydrogen-bond acceptors (Lipinski definition) is 4. The number of amides is 1. The molecule has 1 amide bonds. The van der Waals surface area contributed by atoms with Crippen LogP contribution in [0.15, 0.2) is 94.5 Å². The van der Waals surface area contributed by atoms with E-state index < -0.39 is 6.23 Å². The third-order valence-corrected chi connectivity index (χ3v) is 5.85. The highest BCUT2D eigenvalue weighted by atomic mass is 79.9. The van der Waals surface area contributed by atoms with Crippen LogP contribution in [0.2, 0.25) is 0 Å². The Morgan fingerprint density at radius 2 is 1.68 bits per heavy atom. The van der Waals surface area contributed by atoms with Gasteiger partial charge in [0.1, 0.15) is 0 Å². The number of hydrazone groups is 1. The molecule has 0 saturated heterocycles. The van der Waals surface area contributed by atoms with Crippen LogP contribution in [0.4, 0.5) is 0 Å². The normalized spacial score (nSPS) is 15.6. The molecule has 1 aromatic heterocycles. The molecule has 152 valence electrons. The molecule has 4 aromatic rings. The topological polar surface area (TPSA) is 54.8 Å². The number of ether oxygens (including phenoxy) is 1. The largest absolute Gasteiger partial charge is 0.446 e. The Morgan fingerprint density at radius 3 is 2.45 bits per heavy atom. The molecule has 0 N–H and O–H groups in total. The van der Waals surface area contributed by atoms with Gasteiger partial charge in [0.05, 0.1) is 16.8 Å². The van der Waals surface area contributed by atoms with Crippen molar-refractivity contribution in [1.82, 2.24) is 9.99 Å². The summed E-state index contributed by atoms with van der Waals surface area (Å²) in [5.41, 5.74) is 4.27. The van der Waals surface area contributed by atoms with E-state index in [1.54, 1.807) is 0 Å². The summed E-state index contributed by atoms with van der Waals surface area (Å²) in [5.74, 6) is 0.198. The summed E-state index contributed by atoms with van der Waals surface area (Å²) < 4.78 is 7.13. The average Bonchev–Trinajstić information content (AvgIpc) is 3.25. The lowest BCUT2D eigenvalue weighted by molar-refractivity contribution is -0.135. The first-order valence-corrected chi connectivity index (χ1v) is 10.7. The van der Waals surface area contributed by atoms with Crippen LogP contribution in [-0.2, 0) is 9.53 Å². The summed E-state index contributed by atoms with van der Waals surface area (Å²) in [4.78, 5) is 17.3. The molecule has 6 heteroatoms. The first-order valence-electron chi connectivity index (χ1n) is 9.87. The molecule has 0 spiro atoms. The number of halogens is 1. The number of para-hydroxylation sites is 1. The van der Waals surface area contributed by atoms with Crippen molar-refractivity contribution < 1.29 is 9.53 Å². The summed E-state index contributed by atoms with van der Waals surface area (Å²) in [6.07, 6.45) is -0.685. The Hall–Kier alpha value is -3.51. The van der Waals surface area contributed by atoms with Gasteiger partial charge in [-0.15, -0.1) is 5.10 Å². The fourth-order valence-corrected chi connectivity index (χ4v) is 4.13. The second kappa shape index (κ2) is 7.96. The van der Waals surface area contributed by atoms with Crippen LogP contribution in [0.5, 0.6) is 0 Å². The van der Waals surface area contributed by atoms with Crippen molar-refractivity contribution in [2.45, 2.75) is 13.2 Å². The van der Waals surface area contributed by atoms with E-state index in [9.17, 15) is 4.79 Å². The molecule has 0 radical (unpaired) electrons. The number of fused-ring (bicyclic) bond motifs is 1. The van der Waals surface area contributed by atoms with Crippen LogP contribution in [0.3, 0.4) is 0 Å². The number of aromatic nitrogens is 1. The number of carbonyl (C=O) groups excluding carboxylic acids is 1. The van der Waals surface area contributed by atoms with Gasteiger partial charge in [-0.05, 0) is 40.2 Å². The fourth-order valence-electron chi connectivity index (χ4n) is 3.68. The van der Waals surface area contributed by atoms with Crippen LogP contribution in [0.25, 0.3) is 22.2 Å². The van der Waals surface area contributed by atoms with E-state index in [0.717, 1.165) is 37.8 Å². The van der Waals surface area contributed by atoms with Crippen LogP contribution < -0.4 is 0 Å². The maximum atomic E-state index is 12.5. The minimum Gasteiger partial charge on any atom is -0.446 e. The van der Waals surface area contributed by atoms with Gasteiger partial charge >= 0.3 is 0 Å². The molecule has 0 saturated carbocycles. The number of carbonyl (C=O) groups is 1. The van der Waals surface area contributed by atoms with Gasteiger partial charge in [0.15, 0.2) is 0 Å². The fraction of sp³-hybridized carbons (Fsp3) is 0.0800. The Kier molecular flexibility index (Phi) is 5.00. The monoisotopic (exact) mass is 471 g/mol. The van der Waals surface area contributed by atoms with E-state index >= 15 is 0 Å². The second-order valence-corrected chi connectivity index (χ2v) is 8.05. The van der Waals surface area contributed by atoms with Gasteiger partial charge in [-0.3, -0.25) is 4.79 Å². The third-order valence-electron chi connectivity index (χ3n) is 5.15. The van der Waals surface area contributed by atoms with E-state index in [4.69, 9.17) is 9.72 Å². The molecular weight excluding hydrogens is 454 g/mol. The van der Waals surface area contributed by atoms with Crippen molar-refractivity contribution in [3.63, 3.8) is 0 Å². The van der Waals surface area contributed by atoms with Crippen molar-refractivity contribution >= 4 is 38.6 Å². The molecule has 1 aliphatic heterocycles. The van der Waals surface area contributed by atoms with Crippen LogP contribution in [-0.4, -0.2) is 21.8 Å². The first-order chi connectivity index (χ1) is 15.1. The average molecular weight is 472 g/mol. The molecular formula is C25H18BrN3O2. The van der Waals surface area contributed by atoms with Crippen molar-refractivity contribution in [2.75, 3.05) is 0 Å². The Labute approximate surface area is 188 Å². The molecule has 0 fully saturated rings. The summed E-state index contributed by atoms with van der Waals surface area (Å²) in [6, 6.07) is 27.5. The number of benzene rings is 3. The minimum atomic E-state index is -0.685. The van der Waals surface area contributed by atoms with Crippen molar-refractivity contribution in [1.29, 1.82) is 0 Å². The predicted molar refractivity (Wildman–Crippen MR) is 124 cm³/mol. The van der Waals surface area contributed by atoms with E-state index in [1.807, 2.05) is 84.9 Å². The van der Waals surface area contributed by atoms with Crippen LogP contribution >= 0.6 is 15.9 Å². The van der Waals surface area contributed by atoms with Crippen molar-refractivity contribution in [3.05, 3.63) is 101 Å². The number of rotatable bonds is 3.